The van der Waals surface area contributed by atoms with Gasteiger partial charge in [0.2, 0.25) is 0 Å². The van der Waals surface area contributed by atoms with Crippen molar-refractivity contribution in [2.24, 2.45) is 4.99 Å². The Kier molecular flexibility index (Phi) is 20.1. The van der Waals surface area contributed by atoms with Gasteiger partial charge in [-0.15, -0.1) is 0 Å². The van der Waals surface area contributed by atoms with Crippen molar-refractivity contribution in [2.45, 2.75) is 78.3 Å². The number of carboxylic acid groups (broad SMARTS) is 2. The number of halogens is 4. The van der Waals surface area contributed by atoms with Gasteiger partial charge in [0.05, 0.1) is 28.5 Å². The number of nitrogens with zero attached hydrogens (tertiary/aromatic N) is 4. The first-order chi connectivity index (χ1) is 39.1. The van der Waals surface area contributed by atoms with Gasteiger partial charge in [-0.3, -0.25) is 24.5 Å². The number of ether oxygens (including phenoxy) is 4. The first-order valence-electron chi connectivity index (χ1n) is 25.6. The molecule has 8 aromatic rings. The highest BCUT2D eigenvalue weighted by Gasteiger charge is 2.22. The van der Waals surface area contributed by atoms with Gasteiger partial charge in [0, 0.05) is 103 Å². The molecule has 0 bridgehead atoms. The zero-order chi connectivity index (χ0) is 57.4. The summed E-state index contributed by atoms with van der Waals surface area (Å²) in [4.78, 5) is 36.4. The van der Waals surface area contributed by atoms with Gasteiger partial charge in [0.15, 0.2) is 0 Å². The fourth-order valence-corrected chi connectivity index (χ4v) is 9.55. The predicted octanol–water partition coefficient (Wildman–Crippen LogP) is 13.2. The third-order valence-corrected chi connectivity index (χ3v) is 14.0. The molecule has 0 radical (unpaired) electrons. The van der Waals surface area contributed by atoms with Crippen molar-refractivity contribution in [1.82, 2.24) is 20.6 Å². The fourth-order valence-electron chi connectivity index (χ4n) is 9.07. The first kappa shape index (κ1) is 58.4. The molecule has 0 saturated heterocycles. The Hall–Kier alpha value is -8.72. The predicted molar refractivity (Wildman–Crippen MR) is 305 cm³/mol. The van der Waals surface area contributed by atoms with Crippen LogP contribution in [0, 0.1) is 36.8 Å². The number of hydrogen-bond donors (Lipinski definition) is 4. The summed E-state index contributed by atoms with van der Waals surface area (Å²) in [5.41, 5.74) is 10.7. The normalized spacial score (nSPS) is 11.9. The highest BCUT2D eigenvalue weighted by Crippen LogP contribution is 2.38. The average molecular weight is 1130 g/mol. The Balaban J connectivity index is 1.01. The number of aliphatic imine (C=N–C) groups is 1. The van der Waals surface area contributed by atoms with Gasteiger partial charge in [-0.2, -0.15) is 5.26 Å². The minimum Gasteiger partial charge on any atom is -0.488 e. The van der Waals surface area contributed by atoms with Crippen LogP contribution in [0.2, 0.25) is 10.0 Å². The Morgan fingerprint density at radius 1 is 0.605 bits per heavy atom. The van der Waals surface area contributed by atoms with Crippen molar-refractivity contribution in [3.63, 3.8) is 0 Å². The molecule has 4 N–H and O–H groups in total. The number of benzene rings is 6. The third-order valence-electron chi connectivity index (χ3n) is 13.4. The quantitative estimate of drug-likeness (QED) is 0.0374. The van der Waals surface area contributed by atoms with E-state index in [4.69, 9.17) is 42.1 Å². The molecule has 6 aromatic carbocycles. The minimum absolute atomic E-state index is 0.0483. The highest BCUT2D eigenvalue weighted by molar-refractivity contribution is 6.32. The van der Waals surface area contributed by atoms with E-state index in [0.717, 1.165) is 44.5 Å². The Bertz CT molecular complexity index is 3600. The van der Waals surface area contributed by atoms with Crippen LogP contribution in [0.1, 0.15) is 91.7 Å². The molecule has 0 aliphatic carbocycles. The second kappa shape index (κ2) is 27.9. The summed E-state index contributed by atoms with van der Waals surface area (Å²) in [6.07, 6.45) is 7.60. The lowest BCUT2D eigenvalue weighted by Crippen LogP contribution is -2.24. The molecule has 8 rings (SSSR count). The molecule has 81 heavy (non-hydrogen) atoms. The first-order valence-corrected chi connectivity index (χ1v) is 26.3. The van der Waals surface area contributed by atoms with Crippen molar-refractivity contribution >= 4 is 41.4 Å². The molecular formula is C63H56Cl2F2N6O8. The standard InChI is InChI=1S/C63H56Cl2F2N6O8/c1-38-46(36-80-60-24-58(78-34-42-18-40(26-68)28-70-30-42)48(20-54(60)64)32-72-56(22-62(74)75)44-10-14-50(66)15-11-44)6-4-8-52(38)53-9-5-7-47(39(53)2)37-81-61-25-59(79-35-43-19-41(27-69-3)29-71-31-43)49(21-55(61)65)33-73-57(23-63(76)77)45-12-16-51(67)17-13-45/h4-21,24-25,27-31,56-57,72-73H,22-23,32-37H2,1-3H3,(H,74,75)(H,76,77)/b69-27+. The highest BCUT2D eigenvalue weighted by atomic mass is 35.5. The number of hydrogen-bond acceptors (Lipinski definition) is 12. The van der Waals surface area contributed by atoms with Crippen LogP contribution in [0.25, 0.3) is 11.1 Å². The van der Waals surface area contributed by atoms with E-state index in [1.165, 1.54) is 42.6 Å². The summed E-state index contributed by atoms with van der Waals surface area (Å²) in [7, 11) is 1.67. The van der Waals surface area contributed by atoms with Gasteiger partial charge < -0.3 is 39.8 Å². The van der Waals surface area contributed by atoms with Crippen molar-refractivity contribution < 1.29 is 47.5 Å². The minimum atomic E-state index is -1.04. The number of pyridine rings is 2. The molecule has 0 aliphatic heterocycles. The number of nitrogens with one attached hydrogen (secondary N) is 2. The molecule has 18 heteroatoms. The molecule has 0 amide bonds. The Morgan fingerprint density at radius 3 is 1.49 bits per heavy atom. The topological polar surface area (TPSA) is 198 Å². The zero-order valence-electron chi connectivity index (χ0n) is 44.4. The molecule has 0 aliphatic rings. The molecule has 2 atom stereocenters. The maximum Gasteiger partial charge on any atom is 0.305 e. The molecule has 0 fully saturated rings. The summed E-state index contributed by atoms with van der Waals surface area (Å²) >= 11 is 13.9. The second-order valence-electron chi connectivity index (χ2n) is 19.0. The monoisotopic (exact) mass is 1130 g/mol. The van der Waals surface area contributed by atoms with E-state index in [-0.39, 0.29) is 57.4 Å². The largest absolute Gasteiger partial charge is 0.488 e. The smallest absolute Gasteiger partial charge is 0.305 e. The molecule has 14 nitrogen and oxygen atoms in total. The number of nitriles is 1. The van der Waals surface area contributed by atoms with Crippen LogP contribution in [-0.4, -0.2) is 45.4 Å². The number of carbonyl (C=O) groups is 2. The van der Waals surface area contributed by atoms with E-state index in [2.05, 4.69) is 31.7 Å². The van der Waals surface area contributed by atoms with Crippen LogP contribution < -0.4 is 29.6 Å². The summed E-state index contributed by atoms with van der Waals surface area (Å²) in [6.45, 7) is 4.78. The summed E-state index contributed by atoms with van der Waals surface area (Å²) < 4.78 is 53.3. The lowest BCUT2D eigenvalue weighted by atomic mass is 9.92. The maximum atomic E-state index is 13.8. The van der Waals surface area contributed by atoms with Crippen LogP contribution in [0.15, 0.2) is 151 Å². The second-order valence-corrected chi connectivity index (χ2v) is 19.8. The number of carboxylic acids is 2. The van der Waals surface area contributed by atoms with Crippen LogP contribution in [0.5, 0.6) is 23.0 Å². The number of aliphatic carboxylic acids is 2. The molecule has 2 unspecified atom stereocenters. The maximum absolute atomic E-state index is 13.8. The Labute approximate surface area is 477 Å². The van der Waals surface area contributed by atoms with Crippen LogP contribution in [0.4, 0.5) is 8.78 Å². The van der Waals surface area contributed by atoms with E-state index in [1.54, 1.807) is 74.3 Å². The Morgan fingerprint density at radius 2 is 1.05 bits per heavy atom. The number of aromatic nitrogens is 2. The molecule has 0 saturated carbocycles. The van der Waals surface area contributed by atoms with Crippen LogP contribution >= 0.6 is 23.2 Å². The molecule has 414 valence electrons. The van der Waals surface area contributed by atoms with Gasteiger partial charge in [0.25, 0.3) is 0 Å². The zero-order valence-corrected chi connectivity index (χ0v) is 45.9. The summed E-state index contributed by atoms with van der Waals surface area (Å²) in [5.74, 6) is -1.43. The lowest BCUT2D eigenvalue weighted by Gasteiger charge is -2.21. The fraction of sp³-hybridized carbons (Fsp3) is 0.206. The van der Waals surface area contributed by atoms with E-state index < -0.39 is 35.7 Å². The van der Waals surface area contributed by atoms with E-state index in [9.17, 15) is 33.8 Å². The van der Waals surface area contributed by atoms with Gasteiger partial charge in [-0.25, -0.2) is 8.78 Å². The van der Waals surface area contributed by atoms with E-state index >= 15 is 0 Å². The van der Waals surface area contributed by atoms with Crippen LogP contribution in [-0.2, 0) is 49.1 Å². The molecule has 2 aromatic heterocycles. The SMILES string of the molecule is C/N=C/c1cncc(COc2cc(OCc3cccc(-c4cccc(COc5cc(OCc6cncc(C#N)c6)c(CNC(CC(=O)O)c6ccc(F)cc6)cc5Cl)c4C)c3C)c(Cl)cc2CNC(CC(=O)O)c2ccc(F)cc2)c1. The van der Waals surface area contributed by atoms with Gasteiger partial charge in [-0.05, 0) is 107 Å². The van der Waals surface area contributed by atoms with Crippen molar-refractivity contribution in [1.29, 1.82) is 5.26 Å². The van der Waals surface area contributed by atoms with Gasteiger partial charge >= 0.3 is 11.9 Å². The molecule has 0 spiro atoms. The molecular weight excluding hydrogens is 1080 g/mol. The van der Waals surface area contributed by atoms with Crippen molar-refractivity contribution in [3.8, 4) is 40.2 Å². The third kappa shape index (κ3) is 16.0. The summed E-state index contributed by atoms with van der Waals surface area (Å²) in [6, 6.07) is 34.4. The van der Waals surface area contributed by atoms with Crippen molar-refractivity contribution in [2.75, 3.05) is 7.05 Å². The summed E-state index contributed by atoms with van der Waals surface area (Å²) in [5, 5.41) is 36.1. The van der Waals surface area contributed by atoms with Crippen molar-refractivity contribution in [3.05, 3.63) is 235 Å². The molecule has 2 heterocycles. The van der Waals surface area contributed by atoms with Gasteiger partial charge in [0.1, 0.15) is 67.1 Å². The van der Waals surface area contributed by atoms with Crippen LogP contribution in [0.3, 0.4) is 0 Å². The lowest BCUT2D eigenvalue weighted by molar-refractivity contribution is -0.138. The van der Waals surface area contributed by atoms with E-state index in [0.29, 0.717) is 61.4 Å². The van der Waals surface area contributed by atoms with Gasteiger partial charge in [-0.1, -0.05) is 83.9 Å². The number of rotatable bonds is 26. The van der Waals surface area contributed by atoms with E-state index in [1.807, 2.05) is 56.3 Å². The average Bonchev–Trinajstić information content (AvgIpc) is 3.46.